The maximum atomic E-state index is 12.6. The molecule has 0 saturated heterocycles. The van der Waals surface area contributed by atoms with E-state index < -0.39 is 0 Å². The van der Waals surface area contributed by atoms with E-state index in [0.717, 1.165) is 5.56 Å². The van der Waals surface area contributed by atoms with Crippen molar-refractivity contribution in [3.05, 3.63) is 82.0 Å². The van der Waals surface area contributed by atoms with Gasteiger partial charge in [0.2, 0.25) is 0 Å². The number of benzene rings is 2. The molecule has 1 heterocycles. The van der Waals surface area contributed by atoms with Crippen LogP contribution < -0.4 is 15.4 Å². The molecule has 0 aliphatic heterocycles. The molecule has 0 unspecified atom stereocenters. The van der Waals surface area contributed by atoms with Crippen LogP contribution in [0.1, 0.15) is 25.6 Å². The number of ether oxygens (including phenoxy) is 1. The van der Waals surface area contributed by atoms with Crippen molar-refractivity contribution in [1.29, 1.82) is 0 Å². The predicted molar refractivity (Wildman–Crippen MR) is 103 cm³/mol. The van der Waals surface area contributed by atoms with Gasteiger partial charge in [-0.1, -0.05) is 36.4 Å². The second kappa shape index (κ2) is 8.31. The fraction of sp³-hybridized carbons (Fsp3) is 0.100. The Bertz CT molecular complexity index is 907. The molecule has 132 valence electrons. The third-order valence-corrected chi connectivity index (χ3v) is 4.67. The summed E-state index contributed by atoms with van der Waals surface area (Å²) >= 11 is 1.35. The highest BCUT2D eigenvalue weighted by Gasteiger charge is 2.15. The van der Waals surface area contributed by atoms with Crippen molar-refractivity contribution in [2.24, 2.45) is 0 Å². The lowest BCUT2D eigenvalue weighted by atomic mass is 10.1. The number of amides is 2. The second-order valence-corrected chi connectivity index (χ2v) is 6.42. The lowest BCUT2D eigenvalue weighted by Crippen LogP contribution is -2.25. The summed E-state index contributed by atoms with van der Waals surface area (Å²) in [5.41, 5.74) is 1.76. The second-order valence-electron chi connectivity index (χ2n) is 5.47. The summed E-state index contributed by atoms with van der Waals surface area (Å²) in [5.74, 6) is 0.218. The minimum absolute atomic E-state index is 0.232. The van der Waals surface area contributed by atoms with Gasteiger partial charge in [-0.2, -0.15) is 0 Å². The molecule has 0 aliphatic rings. The van der Waals surface area contributed by atoms with Gasteiger partial charge in [0.1, 0.15) is 5.75 Å². The van der Waals surface area contributed by atoms with E-state index in [1.54, 1.807) is 37.4 Å². The van der Waals surface area contributed by atoms with Crippen LogP contribution in [0.5, 0.6) is 5.75 Å². The summed E-state index contributed by atoms with van der Waals surface area (Å²) in [5, 5.41) is 7.51. The fourth-order valence-electron chi connectivity index (χ4n) is 2.50. The number of thiophene rings is 1. The summed E-state index contributed by atoms with van der Waals surface area (Å²) in [6, 6.07) is 18.0. The van der Waals surface area contributed by atoms with Gasteiger partial charge in [0.15, 0.2) is 0 Å². The number of hydrogen-bond donors (Lipinski definition) is 2. The number of hydrogen-bond acceptors (Lipinski definition) is 4. The van der Waals surface area contributed by atoms with Crippen molar-refractivity contribution in [1.82, 2.24) is 5.32 Å². The van der Waals surface area contributed by atoms with E-state index in [4.69, 9.17) is 4.74 Å². The van der Waals surface area contributed by atoms with Crippen molar-refractivity contribution in [2.75, 3.05) is 12.4 Å². The molecular formula is C20H18N2O3S. The third-order valence-electron chi connectivity index (χ3n) is 3.80. The van der Waals surface area contributed by atoms with Gasteiger partial charge < -0.3 is 15.4 Å². The summed E-state index contributed by atoms with van der Waals surface area (Å²) in [4.78, 5) is 25.5. The molecule has 1 aromatic heterocycles. The Morgan fingerprint density at radius 3 is 2.50 bits per heavy atom. The Morgan fingerprint density at radius 1 is 0.962 bits per heavy atom. The van der Waals surface area contributed by atoms with Gasteiger partial charge in [-0.15, -0.1) is 11.3 Å². The molecule has 0 saturated carbocycles. The van der Waals surface area contributed by atoms with E-state index in [0.29, 0.717) is 28.4 Å². The Balaban J connectivity index is 1.72. The van der Waals surface area contributed by atoms with Crippen LogP contribution in [0.2, 0.25) is 0 Å². The van der Waals surface area contributed by atoms with Crippen LogP contribution in [0.25, 0.3) is 0 Å². The molecule has 5 nitrogen and oxygen atoms in total. The molecule has 2 aromatic carbocycles. The van der Waals surface area contributed by atoms with Gasteiger partial charge in [0.05, 0.1) is 23.2 Å². The molecule has 26 heavy (non-hydrogen) atoms. The maximum Gasteiger partial charge on any atom is 0.265 e. The number of methoxy groups -OCH3 is 1. The first-order chi connectivity index (χ1) is 12.7. The zero-order valence-electron chi connectivity index (χ0n) is 14.2. The average Bonchev–Trinajstić information content (AvgIpc) is 3.21. The number of carbonyl (C=O) groups excluding carboxylic acids is 2. The van der Waals surface area contributed by atoms with Crippen molar-refractivity contribution < 1.29 is 14.3 Å². The number of nitrogens with one attached hydrogen (secondary N) is 2. The van der Waals surface area contributed by atoms with E-state index in [1.165, 1.54) is 11.3 Å². The van der Waals surface area contributed by atoms with Crippen molar-refractivity contribution in [3.8, 4) is 5.75 Å². The van der Waals surface area contributed by atoms with E-state index >= 15 is 0 Å². The summed E-state index contributed by atoms with van der Waals surface area (Å²) in [7, 11) is 1.59. The van der Waals surface area contributed by atoms with Gasteiger partial charge in [-0.05, 0) is 29.6 Å². The highest BCUT2D eigenvalue weighted by molar-refractivity contribution is 7.12. The average molecular weight is 366 g/mol. The minimum Gasteiger partial charge on any atom is -0.496 e. The molecule has 6 heteroatoms. The lowest BCUT2D eigenvalue weighted by molar-refractivity contribution is 0.0951. The number of anilines is 1. The van der Waals surface area contributed by atoms with Crippen LogP contribution in [-0.2, 0) is 6.54 Å². The Labute approximate surface area is 155 Å². The van der Waals surface area contributed by atoms with Crippen molar-refractivity contribution >= 4 is 28.8 Å². The van der Waals surface area contributed by atoms with Crippen LogP contribution in [0, 0.1) is 0 Å². The van der Waals surface area contributed by atoms with E-state index in [9.17, 15) is 9.59 Å². The Morgan fingerprint density at radius 2 is 1.73 bits per heavy atom. The highest BCUT2D eigenvalue weighted by atomic mass is 32.1. The molecule has 0 bridgehead atoms. The van der Waals surface area contributed by atoms with Crippen LogP contribution in [-0.4, -0.2) is 18.9 Å². The van der Waals surface area contributed by atoms with Gasteiger partial charge in [0, 0.05) is 12.1 Å². The molecule has 0 atom stereocenters. The van der Waals surface area contributed by atoms with Crippen LogP contribution >= 0.6 is 11.3 Å². The normalized spacial score (nSPS) is 10.2. The molecular weight excluding hydrogens is 348 g/mol. The first-order valence-corrected chi connectivity index (χ1v) is 8.91. The summed E-state index contributed by atoms with van der Waals surface area (Å²) < 4.78 is 5.29. The van der Waals surface area contributed by atoms with E-state index in [1.807, 2.05) is 35.7 Å². The van der Waals surface area contributed by atoms with Crippen LogP contribution in [0.4, 0.5) is 5.69 Å². The lowest BCUT2D eigenvalue weighted by Gasteiger charge is -2.12. The molecule has 3 aromatic rings. The third kappa shape index (κ3) is 4.10. The molecule has 0 fully saturated rings. The standard InChI is InChI=1S/C20H18N2O3S/c1-25-17-10-5-2-7-14(17)13-21-19(23)15-8-3-4-9-16(15)22-20(24)18-11-6-12-26-18/h2-12H,13H2,1H3,(H,21,23)(H,22,24). The molecule has 3 rings (SSSR count). The molecule has 0 spiro atoms. The molecule has 2 amide bonds. The zero-order chi connectivity index (χ0) is 18.4. The number of para-hydroxylation sites is 2. The topological polar surface area (TPSA) is 67.4 Å². The van der Waals surface area contributed by atoms with E-state index in [-0.39, 0.29) is 11.8 Å². The Kier molecular flexibility index (Phi) is 5.66. The summed E-state index contributed by atoms with van der Waals surface area (Å²) in [6.07, 6.45) is 0. The zero-order valence-corrected chi connectivity index (χ0v) is 15.0. The maximum absolute atomic E-state index is 12.6. The van der Waals surface area contributed by atoms with Gasteiger partial charge >= 0.3 is 0 Å². The number of carbonyl (C=O) groups is 2. The molecule has 0 aliphatic carbocycles. The van der Waals surface area contributed by atoms with E-state index in [2.05, 4.69) is 10.6 Å². The molecule has 2 N–H and O–H groups in total. The predicted octanol–water partition coefficient (Wildman–Crippen LogP) is 3.94. The first kappa shape index (κ1) is 17.7. The number of rotatable bonds is 6. The van der Waals surface area contributed by atoms with Crippen molar-refractivity contribution in [2.45, 2.75) is 6.54 Å². The quantitative estimate of drug-likeness (QED) is 0.694. The largest absolute Gasteiger partial charge is 0.496 e. The highest BCUT2D eigenvalue weighted by Crippen LogP contribution is 2.20. The monoisotopic (exact) mass is 366 g/mol. The van der Waals surface area contributed by atoms with Gasteiger partial charge in [-0.3, -0.25) is 9.59 Å². The van der Waals surface area contributed by atoms with Crippen molar-refractivity contribution in [3.63, 3.8) is 0 Å². The van der Waals surface area contributed by atoms with Gasteiger partial charge in [-0.25, -0.2) is 0 Å². The molecule has 0 radical (unpaired) electrons. The SMILES string of the molecule is COc1ccccc1CNC(=O)c1ccccc1NC(=O)c1cccs1. The fourth-order valence-corrected chi connectivity index (χ4v) is 3.12. The van der Waals surface area contributed by atoms with Gasteiger partial charge in [0.25, 0.3) is 11.8 Å². The summed E-state index contributed by atoms with van der Waals surface area (Å²) in [6.45, 7) is 0.329. The first-order valence-electron chi connectivity index (χ1n) is 8.03. The van der Waals surface area contributed by atoms with Crippen LogP contribution in [0.15, 0.2) is 66.0 Å². The minimum atomic E-state index is -0.266. The smallest absolute Gasteiger partial charge is 0.265 e. The van der Waals surface area contributed by atoms with Crippen LogP contribution in [0.3, 0.4) is 0 Å². The Hall–Kier alpha value is -3.12.